The summed E-state index contributed by atoms with van der Waals surface area (Å²) in [5.41, 5.74) is 7.35. The monoisotopic (exact) mass is 252 g/mol. The topological polar surface area (TPSA) is 37.3 Å². The van der Waals surface area contributed by atoms with E-state index in [4.69, 9.17) is 0 Å². The van der Waals surface area contributed by atoms with Gasteiger partial charge in [-0.25, -0.2) is 0 Å². The molecule has 1 N–H and O–H groups in total. The number of rotatable bonds is 1. The number of carbonyl (C=O) groups is 1. The molecule has 0 radical (unpaired) electrons. The van der Waals surface area contributed by atoms with E-state index in [9.17, 15) is 9.90 Å². The van der Waals surface area contributed by atoms with Crippen molar-refractivity contribution in [2.45, 2.75) is 26.7 Å². The van der Waals surface area contributed by atoms with Crippen molar-refractivity contribution in [3.8, 4) is 16.9 Å². The maximum atomic E-state index is 11.3. The third-order valence-electron chi connectivity index (χ3n) is 4.01. The lowest BCUT2D eigenvalue weighted by molar-refractivity contribution is 0.112. The third-order valence-corrected chi connectivity index (χ3v) is 4.01. The molecule has 2 heteroatoms. The Morgan fingerprint density at radius 3 is 2.68 bits per heavy atom. The Bertz CT molecular complexity index is 684. The van der Waals surface area contributed by atoms with E-state index in [1.54, 1.807) is 6.07 Å². The Morgan fingerprint density at radius 1 is 1.16 bits per heavy atom. The molecule has 2 aromatic rings. The van der Waals surface area contributed by atoms with E-state index < -0.39 is 0 Å². The molecule has 0 fully saturated rings. The predicted molar refractivity (Wildman–Crippen MR) is 75.8 cm³/mol. The van der Waals surface area contributed by atoms with Crippen LogP contribution in [0.3, 0.4) is 0 Å². The Balaban J connectivity index is 2.35. The summed E-state index contributed by atoms with van der Waals surface area (Å²) in [6.45, 7) is 3.96. The number of benzene rings is 2. The molecule has 0 heterocycles. The van der Waals surface area contributed by atoms with E-state index in [1.165, 1.54) is 11.1 Å². The minimum absolute atomic E-state index is 0.335. The lowest BCUT2D eigenvalue weighted by atomic mass is 9.80. The summed E-state index contributed by atoms with van der Waals surface area (Å²) in [6, 6.07) is 7.74. The van der Waals surface area contributed by atoms with Gasteiger partial charge in [0.25, 0.3) is 0 Å². The second kappa shape index (κ2) is 4.23. The zero-order chi connectivity index (χ0) is 13.6. The van der Waals surface area contributed by atoms with Crippen molar-refractivity contribution >= 4 is 6.29 Å². The zero-order valence-corrected chi connectivity index (χ0v) is 11.2. The Labute approximate surface area is 112 Å². The van der Waals surface area contributed by atoms with Crippen LogP contribution in [0.4, 0.5) is 0 Å². The second-order valence-electron chi connectivity index (χ2n) is 5.24. The molecule has 2 nitrogen and oxygen atoms in total. The van der Waals surface area contributed by atoms with E-state index in [2.05, 4.69) is 6.07 Å². The number of phenols is 1. The zero-order valence-electron chi connectivity index (χ0n) is 11.2. The van der Waals surface area contributed by atoms with Gasteiger partial charge in [0.05, 0.1) is 0 Å². The number of carbonyl (C=O) groups excluding carboxylic acids is 1. The SMILES string of the molecule is Cc1cc(C=O)c2c(c1)CCc1c-2ccc(O)c1C. The average Bonchev–Trinajstić information content (AvgIpc) is 2.41. The van der Waals surface area contributed by atoms with Crippen molar-refractivity contribution in [2.24, 2.45) is 0 Å². The van der Waals surface area contributed by atoms with Gasteiger partial charge < -0.3 is 5.11 Å². The number of aromatic hydroxyl groups is 1. The van der Waals surface area contributed by atoms with Crippen LogP contribution >= 0.6 is 0 Å². The second-order valence-corrected chi connectivity index (χ2v) is 5.24. The molecule has 0 aromatic heterocycles. The molecule has 0 amide bonds. The first kappa shape index (κ1) is 12.0. The molecule has 0 saturated carbocycles. The fourth-order valence-electron chi connectivity index (χ4n) is 3.07. The lowest BCUT2D eigenvalue weighted by Crippen LogP contribution is -2.08. The van der Waals surface area contributed by atoms with Gasteiger partial charge in [-0.05, 0) is 66.6 Å². The highest BCUT2D eigenvalue weighted by Gasteiger charge is 2.21. The summed E-state index contributed by atoms with van der Waals surface area (Å²) in [4.78, 5) is 11.3. The maximum Gasteiger partial charge on any atom is 0.150 e. The highest BCUT2D eigenvalue weighted by atomic mass is 16.3. The van der Waals surface area contributed by atoms with Gasteiger partial charge in [0.1, 0.15) is 5.75 Å². The van der Waals surface area contributed by atoms with Crippen molar-refractivity contribution in [1.82, 2.24) is 0 Å². The normalized spacial score (nSPS) is 12.7. The van der Waals surface area contributed by atoms with Gasteiger partial charge >= 0.3 is 0 Å². The fraction of sp³-hybridized carbons (Fsp3) is 0.235. The van der Waals surface area contributed by atoms with E-state index in [1.807, 2.05) is 26.0 Å². The molecular weight excluding hydrogens is 236 g/mol. The molecule has 2 aromatic carbocycles. The summed E-state index contributed by atoms with van der Waals surface area (Å²) in [5, 5.41) is 9.82. The number of hydrogen-bond donors (Lipinski definition) is 1. The third kappa shape index (κ3) is 1.75. The van der Waals surface area contributed by atoms with Crippen LogP contribution in [-0.2, 0) is 12.8 Å². The van der Waals surface area contributed by atoms with Crippen molar-refractivity contribution in [1.29, 1.82) is 0 Å². The van der Waals surface area contributed by atoms with Crippen LogP contribution in [0.15, 0.2) is 24.3 Å². The first-order valence-electron chi connectivity index (χ1n) is 6.52. The van der Waals surface area contributed by atoms with Crippen LogP contribution in [-0.4, -0.2) is 11.4 Å². The molecule has 1 aliphatic rings. The van der Waals surface area contributed by atoms with Gasteiger partial charge in [-0.3, -0.25) is 4.79 Å². The molecule has 96 valence electrons. The predicted octanol–water partition coefficient (Wildman–Crippen LogP) is 3.59. The number of aldehydes is 1. The standard InChI is InChI=1S/C17H16O2/c1-10-7-12-3-4-14-11(2)16(19)6-5-15(14)17(12)13(8-10)9-18/h5-9,19H,3-4H2,1-2H3. The van der Waals surface area contributed by atoms with Crippen molar-refractivity contribution in [2.75, 3.05) is 0 Å². The van der Waals surface area contributed by atoms with Gasteiger partial charge in [-0.15, -0.1) is 0 Å². The van der Waals surface area contributed by atoms with Crippen LogP contribution in [0.25, 0.3) is 11.1 Å². The molecule has 0 atom stereocenters. The number of hydrogen-bond acceptors (Lipinski definition) is 2. The number of phenolic OH excluding ortho intramolecular Hbond substituents is 1. The maximum absolute atomic E-state index is 11.3. The van der Waals surface area contributed by atoms with Crippen LogP contribution < -0.4 is 0 Å². The Hall–Kier alpha value is -2.09. The number of fused-ring (bicyclic) bond motifs is 3. The summed E-state index contributed by atoms with van der Waals surface area (Å²) < 4.78 is 0. The van der Waals surface area contributed by atoms with E-state index >= 15 is 0 Å². The molecule has 0 saturated heterocycles. The van der Waals surface area contributed by atoms with Crippen LogP contribution in [0.2, 0.25) is 0 Å². The van der Waals surface area contributed by atoms with Crippen molar-refractivity contribution < 1.29 is 9.90 Å². The highest BCUT2D eigenvalue weighted by molar-refractivity contribution is 5.91. The van der Waals surface area contributed by atoms with Gasteiger partial charge in [-0.2, -0.15) is 0 Å². The fourth-order valence-corrected chi connectivity index (χ4v) is 3.07. The average molecular weight is 252 g/mol. The molecule has 0 spiro atoms. The highest BCUT2D eigenvalue weighted by Crippen LogP contribution is 2.39. The van der Waals surface area contributed by atoms with E-state index in [0.717, 1.165) is 46.9 Å². The first-order valence-corrected chi connectivity index (χ1v) is 6.52. The van der Waals surface area contributed by atoms with Gasteiger partial charge in [0.2, 0.25) is 0 Å². The van der Waals surface area contributed by atoms with E-state index in [0.29, 0.717) is 5.75 Å². The Morgan fingerprint density at radius 2 is 1.95 bits per heavy atom. The van der Waals surface area contributed by atoms with Gasteiger partial charge in [0.15, 0.2) is 6.29 Å². The lowest BCUT2D eigenvalue weighted by Gasteiger charge is -2.24. The molecule has 3 rings (SSSR count). The molecule has 19 heavy (non-hydrogen) atoms. The van der Waals surface area contributed by atoms with Crippen LogP contribution in [0, 0.1) is 13.8 Å². The summed E-state index contributed by atoms with van der Waals surface area (Å²) in [5.74, 6) is 0.335. The minimum atomic E-state index is 0.335. The van der Waals surface area contributed by atoms with Crippen LogP contribution in [0.5, 0.6) is 5.75 Å². The summed E-state index contributed by atoms with van der Waals surface area (Å²) in [6.07, 6.45) is 2.78. The largest absolute Gasteiger partial charge is 0.508 e. The smallest absolute Gasteiger partial charge is 0.150 e. The quantitative estimate of drug-likeness (QED) is 0.787. The first-order chi connectivity index (χ1) is 9.11. The van der Waals surface area contributed by atoms with Crippen LogP contribution in [0.1, 0.15) is 32.6 Å². The molecule has 0 bridgehead atoms. The molecule has 1 aliphatic carbocycles. The molecular formula is C17H16O2. The summed E-state index contributed by atoms with van der Waals surface area (Å²) in [7, 11) is 0. The number of aryl methyl sites for hydroxylation is 2. The van der Waals surface area contributed by atoms with E-state index in [-0.39, 0.29) is 0 Å². The van der Waals surface area contributed by atoms with Crippen molar-refractivity contribution in [3.05, 3.63) is 52.1 Å². The Kier molecular flexibility index (Phi) is 2.67. The van der Waals surface area contributed by atoms with Gasteiger partial charge in [-0.1, -0.05) is 17.7 Å². The van der Waals surface area contributed by atoms with Gasteiger partial charge in [0, 0.05) is 5.56 Å². The minimum Gasteiger partial charge on any atom is -0.508 e. The molecule has 0 aliphatic heterocycles. The summed E-state index contributed by atoms with van der Waals surface area (Å²) >= 11 is 0. The molecule has 0 unspecified atom stereocenters. The van der Waals surface area contributed by atoms with Crippen molar-refractivity contribution in [3.63, 3.8) is 0 Å².